The predicted octanol–water partition coefficient (Wildman–Crippen LogP) is 11.7. The molecule has 232 valence electrons. The van der Waals surface area contributed by atoms with Crippen molar-refractivity contribution < 1.29 is 4.42 Å². The van der Waals surface area contributed by atoms with Crippen molar-refractivity contribution >= 4 is 65.1 Å². The van der Waals surface area contributed by atoms with E-state index in [-0.39, 0.29) is 5.84 Å². The fourth-order valence-corrected chi connectivity index (χ4v) is 7.93. The molecular formula is C44H29N3OS. The lowest BCUT2D eigenvalue weighted by Gasteiger charge is -2.09. The van der Waals surface area contributed by atoms with Crippen LogP contribution in [0.5, 0.6) is 0 Å². The van der Waals surface area contributed by atoms with E-state index in [4.69, 9.17) is 15.6 Å². The van der Waals surface area contributed by atoms with Crippen LogP contribution in [0, 0.1) is 5.41 Å². The number of rotatable bonds is 5. The predicted molar refractivity (Wildman–Crippen MR) is 207 cm³/mol. The molecule has 0 aliphatic carbocycles. The Morgan fingerprint density at radius 3 is 2.06 bits per heavy atom. The van der Waals surface area contributed by atoms with Crippen LogP contribution in [0.25, 0.3) is 75.5 Å². The van der Waals surface area contributed by atoms with Gasteiger partial charge in [0, 0.05) is 42.1 Å². The van der Waals surface area contributed by atoms with Gasteiger partial charge in [-0.05, 0) is 69.8 Å². The minimum absolute atomic E-state index is 0.143. The molecular weight excluding hydrogens is 619 g/mol. The highest BCUT2D eigenvalue weighted by Crippen LogP contribution is 2.39. The molecule has 0 saturated carbocycles. The lowest BCUT2D eigenvalue weighted by molar-refractivity contribution is 0.669. The van der Waals surface area contributed by atoms with Crippen molar-refractivity contribution in [2.75, 3.05) is 0 Å². The Labute approximate surface area is 286 Å². The molecule has 0 aliphatic rings. The number of thiophene rings is 1. The van der Waals surface area contributed by atoms with Crippen molar-refractivity contribution in [3.05, 3.63) is 169 Å². The molecule has 0 bridgehead atoms. The van der Waals surface area contributed by atoms with Gasteiger partial charge >= 0.3 is 0 Å². The third-order valence-corrected chi connectivity index (χ3v) is 10.3. The Kier molecular flexibility index (Phi) is 6.92. The van der Waals surface area contributed by atoms with Gasteiger partial charge in [0.2, 0.25) is 0 Å². The normalized spacial score (nSPS) is 12.0. The summed E-state index contributed by atoms with van der Waals surface area (Å²) in [6.07, 6.45) is 0. The third kappa shape index (κ3) is 5.08. The van der Waals surface area contributed by atoms with Gasteiger partial charge in [-0.25, -0.2) is 4.99 Å². The topological polar surface area (TPSA) is 75.4 Å². The second-order valence-electron chi connectivity index (χ2n) is 12.1. The summed E-state index contributed by atoms with van der Waals surface area (Å²) in [5.41, 5.74) is 16.5. The van der Waals surface area contributed by atoms with Gasteiger partial charge in [0.15, 0.2) is 5.84 Å². The smallest absolute Gasteiger partial charge is 0.154 e. The number of benzene rings is 7. The number of nitrogens with two attached hydrogens (primary N) is 1. The fourth-order valence-electron chi connectivity index (χ4n) is 6.80. The van der Waals surface area contributed by atoms with E-state index in [1.54, 1.807) is 11.3 Å². The molecule has 4 nitrogen and oxygen atoms in total. The number of nitrogens with zero attached hydrogens (tertiary/aromatic N) is 1. The zero-order valence-electron chi connectivity index (χ0n) is 26.4. The molecule has 5 heteroatoms. The highest BCUT2D eigenvalue weighted by Gasteiger charge is 2.16. The van der Waals surface area contributed by atoms with Crippen molar-refractivity contribution in [1.29, 1.82) is 5.41 Å². The van der Waals surface area contributed by atoms with Gasteiger partial charge in [-0.2, -0.15) is 0 Å². The van der Waals surface area contributed by atoms with Crippen LogP contribution in [0.4, 0.5) is 0 Å². The lowest BCUT2D eigenvalue weighted by Crippen LogP contribution is -2.16. The Bertz CT molecular complexity index is 2740. The molecule has 7 aromatic carbocycles. The zero-order chi connectivity index (χ0) is 32.9. The number of amidine groups is 2. The molecule has 0 spiro atoms. The summed E-state index contributed by atoms with van der Waals surface area (Å²) < 4.78 is 8.67. The van der Waals surface area contributed by atoms with Crippen LogP contribution >= 0.6 is 11.3 Å². The molecule has 3 N–H and O–H groups in total. The van der Waals surface area contributed by atoms with E-state index in [0.717, 1.165) is 70.8 Å². The molecule has 49 heavy (non-hydrogen) atoms. The summed E-state index contributed by atoms with van der Waals surface area (Å²) in [4.78, 5) is 4.63. The maximum Gasteiger partial charge on any atom is 0.154 e. The number of aliphatic imine (C=N–C) groups is 1. The SMILES string of the molecule is N=C(N=C(N)c1cccc(-c2cccc3oc4ccc(-c5ccc(-c6ccccc6)cc5)cc4c23)c1)c1cccc2sc3ccccc3c12. The summed E-state index contributed by atoms with van der Waals surface area (Å²) in [7, 11) is 0. The van der Waals surface area contributed by atoms with Crippen LogP contribution in [-0.2, 0) is 0 Å². The Morgan fingerprint density at radius 2 is 1.20 bits per heavy atom. The molecule has 2 heterocycles. The summed E-state index contributed by atoms with van der Waals surface area (Å²) >= 11 is 1.73. The first-order valence-corrected chi connectivity index (χ1v) is 17.0. The first-order chi connectivity index (χ1) is 24.1. The van der Waals surface area contributed by atoms with Crippen molar-refractivity contribution in [2.45, 2.75) is 0 Å². The van der Waals surface area contributed by atoms with Crippen LogP contribution in [0.15, 0.2) is 167 Å². The second-order valence-corrected chi connectivity index (χ2v) is 13.2. The highest BCUT2D eigenvalue weighted by atomic mass is 32.1. The van der Waals surface area contributed by atoms with E-state index in [0.29, 0.717) is 5.84 Å². The van der Waals surface area contributed by atoms with Crippen molar-refractivity contribution in [2.24, 2.45) is 10.7 Å². The summed E-state index contributed by atoms with van der Waals surface area (Å²) in [5, 5.41) is 13.3. The fraction of sp³-hybridized carbons (Fsp3) is 0. The van der Waals surface area contributed by atoms with Crippen LogP contribution in [0.3, 0.4) is 0 Å². The Morgan fingerprint density at radius 1 is 0.531 bits per heavy atom. The van der Waals surface area contributed by atoms with Crippen LogP contribution in [0.1, 0.15) is 11.1 Å². The molecule has 0 radical (unpaired) electrons. The highest BCUT2D eigenvalue weighted by molar-refractivity contribution is 7.25. The molecule has 9 rings (SSSR count). The number of hydrogen-bond donors (Lipinski definition) is 2. The largest absolute Gasteiger partial charge is 0.456 e. The van der Waals surface area contributed by atoms with Crippen LogP contribution < -0.4 is 5.73 Å². The van der Waals surface area contributed by atoms with E-state index in [1.165, 1.54) is 15.8 Å². The Hall–Kier alpha value is -6.30. The first kappa shape index (κ1) is 28.9. The van der Waals surface area contributed by atoms with E-state index >= 15 is 0 Å². The van der Waals surface area contributed by atoms with Crippen molar-refractivity contribution in [3.8, 4) is 33.4 Å². The standard InChI is InChI=1S/C44H29N3OS/c45-43(47-44(46)35-15-8-18-40-42(35)34-13-4-5-17-39(34)49-40)32-12-6-11-31(25-32)33-14-7-16-38-41(33)36-26-30(23-24-37(36)48-38)29-21-19-28(20-22-29)27-9-2-1-3-10-27/h1-26H,(H3,45,46,47). The van der Waals surface area contributed by atoms with Crippen LogP contribution in [0.2, 0.25) is 0 Å². The molecule has 0 saturated heterocycles. The average molecular weight is 648 g/mol. The molecule has 0 atom stereocenters. The maximum absolute atomic E-state index is 8.97. The van der Waals surface area contributed by atoms with E-state index in [2.05, 4.69) is 102 Å². The van der Waals surface area contributed by atoms with Gasteiger partial charge in [0.25, 0.3) is 0 Å². The lowest BCUT2D eigenvalue weighted by atomic mass is 9.95. The first-order valence-electron chi connectivity index (χ1n) is 16.2. The maximum atomic E-state index is 8.97. The second kappa shape index (κ2) is 11.7. The molecule has 0 amide bonds. The number of furan rings is 1. The molecule has 9 aromatic rings. The third-order valence-electron chi connectivity index (χ3n) is 9.18. The van der Waals surface area contributed by atoms with Gasteiger partial charge in [-0.1, -0.05) is 121 Å². The quantitative estimate of drug-likeness (QED) is 0.144. The summed E-state index contributed by atoms with van der Waals surface area (Å²) in [6, 6.07) is 54.1. The number of fused-ring (bicyclic) bond motifs is 6. The van der Waals surface area contributed by atoms with Gasteiger partial charge in [-0.3, -0.25) is 5.41 Å². The van der Waals surface area contributed by atoms with E-state index in [1.807, 2.05) is 60.7 Å². The van der Waals surface area contributed by atoms with E-state index < -0.39 is 0 Å². The number of hydrogen-bond acceptors (Lipinski definition) is 3. The monoisotopic (exact) mass is 647 g/mol. The zero-order valence-corrected chi connectivity index (χ0v) is 27.2. The van der Waals surface area contributed by atoms with Gasteiger partial charge in [0.1, 0.15) is 17.0 Å². The molecule has 0 aliphatic heterocycles. The minimum Gasteiger partial charge on any atom is -0.456 e. The minimum atomic E-state index is 0.143. The van der Waals surface area contributed by atoms with Gasteiger partial charge in [-0.15, -0.1) is 11.3 Å². The summed E-state index contributed by atoms with van der Waals surface area (Å²) in [6.45, 7) is 0. The molecule has 2 aromatic heterocycles. The van der Waals surface area contributed by atoms with Crippen molar-refractivity contribution in [3.63, 3.8) is 0 Å². The Balaban J connectivity index is 1.08. The van der Waals surface area contributed by atoms with Crippen molar-refractivity contribution in [1.82, 2.24) is 0 Å². The summed E-state index contributed by atoms with van der Waals surface area (Å²) in [5.74, 6) is 0.443. The molecule has 0 fully saturated rings. The van der Waals surface area contributed by atoms with Gasteiger partial charge < -0.3 is 10.2 Å². The van der Waals surface area contributed by atoms with Crippen LogP contribution in [-0.4, -0.2) is 11.7 Å². The average Bonchev–Trinajstić information content (AvgIpc) is 3.73. The van der Waals surface area contributed by atoms with E-state index in [9.17, 15) is 0 Å². The molecule has 0 unspecified atom stereocenters. The van der Waals surface area contributed by atoms with Gasteiger partial charge in [0.05, 0.1) is 0 Å². The number of nitrogens with one attached hydrogen (secondary N) is 1.